The van der Waals surface area contributed by atoms with Gasteiger partial charge in [-0.05, 0) is 45.7 Å². The molecular formula is C37H39F6N8O6+. The highest BCUT2D eigenvalue weighted by Crippen LogP contribution is 2.38. The molecule has 4 rings (SSSR count). The standard InChI is InChI=1S/C21H23F3N4O4.C16H15F3N4O2/c1-19(2,3)32-18(30)27-14-10-26-28(11-14)12-20(4,31)17(29)9-13-6-7-16(25-5)15(8-13)21(22,23)24;1-15(25,9-23-8-11(20)7-22-23)14(24)6-10-3-4-13(21-2)12(5-10)16(17,18)19/h6-8,10-11,31H,9,12H2,1-4H3,(H,27,30);3-5,7-8,25H,6,9,20H2,1H3/p+1/t20-;15-/m00/s1. The number of nitrogens with one attached hydrogen (secondary N) is 1. The van der Waals surface area contributed by atoms with Gasteiger partial charge in [-0.3, -0.25) is 24.3 Å². The molecule has 0 fully saturated rings. The van der Waals surface area contributed by atoms with E-state index in [2.05, 4.69) is 25.2 Å². The predicted molar refractivity (Wildman–Crippen MR) is 194 cm³/mol. The molecule has 0 aliphatic carbocycles. The van der Waals surface area contributed by atoms with Gasteiger partial charge in [0.15, 0.2) is 22.9 Å². The molecule has 1 amide bonds. The van der Waals surface area contributed by atoms with Gasteiger partial charge in [0.05, 0.1) is 61.1 Å². The van der Waals surface area contributed by atoms with Gasteiger partial charge in [0, 0.05) is 25.2 Å². The Morgan fingerprint density at radius 1 is 0.772 bits per heavy atom. The van der Waals surface area contributed by atoms with E-state index in [1.54, 1.807) is 20.8 Å². The van der Waals surface area contributed by atoms with Crippen LogP contribution in [0.2, 0.25) is 0 Å². The van der Waals surface area contributed by atoms with E-state index in [9.17, 15) is 50.9 Å². The summed E-state index contributed by atoms with van der Waals surface area (Å²) in [6.07, 6.45) is -5.59. The lowest BCUT2D eigenvalue weighted by Crippen LogP contribution is -2.41. The largest absolute Gasteiger partial charge is 1.00 e. The van der Waals surface area contributed by atoms with Gasteiger partial charge < -0.3 is 20.7 Å². The molecule has 0 saturated carbocycles. The minimum atomic E-state index is -4.74. The van der Waals surface area contributed by atoms with Crippen molar-refractivity contribution in [2.24, 2.45) is 0 Å². The number of nitrogen functional groups attached to an aromatic ring is 1. The van der Waals surface area contributed by atoms with E-state index in [1.807, 2.05) is 0 Å². The quantitative estimate of drug-likeness (QED) is 0.0910. The number of halogens is 6. The Morgan fingerprint density at radius 2 is 1.19 bits per heavy atom. The van der Waals surface area contributed by atoms with E-state index in [-0.39, 0.29) is 31.3 Å². The van der Waals surface area contributed by atoms with Gasteiger partial charge in [-0.15, -0.1) is 0 Å². The zero-order valence-corrected chi connectivity index (χ0v) is 31.2. The maximum atomic E-state index is 13.1. The molecule has 0 saturated heterocycles. The summed E-state index contributed by atoms with van der Waals surface area (Å²) in [5, 5.41) is 31.2. The van der Waals surface area contributed by atoms with Crippen LogP contribution in [0.25, 0.3) is 9.69 Å². The Bertz CT molecular complexity index is 2190. The van der Waals surface area contributed by atoms with Crippen LogP contribution >= 0.6 is 0 Å². The topological polar surface area (TPSA) is 183 Å². The van der Waals surface area contributed by atoms with Crippen LogP contribution in [0, 0.1) is 13.1 Å². The first-order valence-electron chi connectivity index (χ1n) is 16.6. The normalized spacial score (nSPS) is 13.8. The molecule has 14 nitrogen and oxygen atoms in total. The second kappa shape index (κ2) is 17.3. The Hall–Kier alpha value is -6.25. The number of nitrogens with two attached hydrogens (primary N) is 1. The number of aromatic nitrogens is 4. The molecule has 0 unspecified atom stereocenters. The summed E-state index contributed by atoms with van der Waals surface area (Å²) in [6.45, 7) is 20.8. The predicted octanol–water partition coefficient (Wildman–Crippen LogP) is 7.07. The number of carbonyl (C=O) groups excluding carboxylic acids is 3. The number of carbonyl (C=O) groups is 3. The molecule has 304 valence electrons. The second-order valence-corrected chi connectivity index (χ2v) is 14.2. The van der Waals surface area contributed by atoms with Crippen molar-refractivity contribution in [3.05, 3.63) is 106 Å². The van der Waals surface area contributed by atoms with Crippen molar-refractivity contribution in [2.75, 3.05) is 11.1 Å². The lowest BCUT2D eigenvalue weighted by Gasteiger charge is -2.22. The maximum absolute atomic E-state index is 13.1. The van der Waals surface area contributed by atoms with Gasteiger partial charge >= 0.3 is 19.9 Å². The first-order valence-corrected chi connectivity index (χ1v) is 16.6. The van der Waals surface area contributed by atoms with Crippen molar-refractivity contribution in [3.63, 3.8) is 0 Å². The van der Waals surface area contributed by atoms with Crippen molar-refractivity contribution >= 4 is 40.4 Å². The monoisotopic (exact) mass is 805 g/mol. The molecule has 0 aliphatic rings. The van der Waals surface area contributed by atoms with Crippen molar-refractivity contribution < 1.29 is 57.1 Å². The van der Waals surface area contributed by atoms with Crippen LogP contribution in [0.15, 0.2) is 61.2 Å². The van der Waals surface area contributed by atoms with Gasteiger partial charge in [-0.2, -0.15) is 36.5 Å². The van der Waals surface area contributed by atoms with Crippen LogP contribution in [-0.4, -0.2) is 64.2 Å². The number of nitrogens with zero attached hydrogens (tertiary/aromatic N) is 6. The smallest absolute Gasteiger partial charge is 0.444 e. The summed E-state index contributed by atoms with van der Waals surface area (Å²) < 4.78 is 85.9. The zero-order chi connectivity index (χ0) is 43.1. The highest BCUT2D eigenvalue weighted by Gasteiger charge is 2.37. The molecule has 0 bridgehead atoms. The second-order valence-electron chi connectivity index (χ2n) is 14.2. The summed E-state index contributed by atoms with van der Waals surface area (Å²) in [6, 6.07) is 6.01. The third kappa shape index (κ3) is 13.2. The summed E-state index contributed by atoms with van der Waals surface area (Å²) in [7, 11) is 0. The number of aliphatic hydroxyl groups is 2. The molecule has 2 heterocycles. The van der Waals surface area contributed by atoms with Crippen LogP contribution < -0.4 is 11.1 Å². The number of hydrogen-bond acceptors (Lipinski definition) is 9. The van der Waals surface area contributed by atoms with E-state index in [4.69, 9.17) is 23.6 Å². The molecule has 2 atom stereocenters. The number of Topliss-reactive ketones (excluding diaryl/α,β-unsaturated/α-hetero) is 2. The van der Waals surface area contributed by atoms with Gasteiger partial charge in [-0.1, -0.05) is 36.4 Å². The highest BCUT2D eigenvalue weighted by molar-refractivity contribution is 5.89. The number of hydrogen-bond donors (Lipinski definition) is 4. The van der Waals surface area contributed by atoms with E-state index >= 15 is 0 Å². The van der Waals surface area contributed by atoms with Crippen molar-refractivity contribution in [2.45, 2.75) is 89.7 Å². The Morgan fingerprint density at radius 3 is 1.56 bits per heavy atom. The molecule has 0 aliphatic heterocycles. The van der Waals surface area contributed by atoms with E-state index in [1.165, 1.54) is 60.1 Å². The van der Waals surface area contributed by atoms with E-state index in [0.717, 1.165) is 24.3 Å². The SMILES string of the molecule is [C-]#[N+]c1ccc(CC(=O)[C@@](C)(O)Cn2cc(N)cn2)cc1C(F)(F)F.[C-]#[N+]c1ccc(CC(=O)[C@@](C)(O)Cn2cc(NC(=O)OC(C)(C)C)cn2)cc1C(F)(F)F.[H+]. The van der Waals surface area contributed by atoms with Gasteiger partial charge in [-0.25, -0.2) is 14.5 Å². The zero-order valence-electron chi connectivity index (χ0n) is 32.2. The van der Waals surface area contributed by atoms with Gasteiger partial charge in [0.1, 0.15) is 16.8 Å². The van der Waals surface area contributed by atoms with Crippen LogP contribution in [0.3, 0.4) is 0 Å². The molecule has 20 heteroatoms. The third-order valence-electron chi connectivity index (χ3n) is 7.78. The van der Waals surface area contributed by atoms with Crippen molar-refractivity contribution in [1.82, 2.24) is 19.6 Å². The fraction of sp³-hybridized carbons (Fsp3) is 0.378. The number of ketones is 2. The molecule has 5 N–H and O–H groups in total. The highest BCUT2D eigenvalue weighted by atomic mass is 19.4. The minimum Gasteiger partial charge on any atom is -0.444 e. The lowest BCUT2D eigenvalue weighted by molar-refractivity contribution is -0.138. The van der Waals surface area contributed by atoms with Crippen molar-refractivity contribution in [1.29, 1.82) is 0 Å². The van der Waals surface area contributed by atoms with E-state index in [0.29, 0.717) is 5.69 Å². The van der Waals surface area contributed by atoms with E-state index < -0.39 is 82.2 Å². The fourth-order valence-corrected chi connectivity index (χ4v) is 5.00. The van der Waals surface area contributed by atoms with Crippen LogP contribution in [0.1, 0.15) is 58.3 Å². The molecule has 0 radical (unpaired) electrons. The lowest BCUT2D eigenvalue weighted by atomic mass is 9.94. The molecule has 2 aromatic heterocycles. The molecular weight excluding hydrogens is 766 g/mol. The van der Waals surface area contributed by atoms with Crippen molar-refractivity contribution in [3.8, 4) is 0 Å². The number of rotatable bonds is 11. The van der Waals surface area contributed by atoms with Gasteiger partial charge in [0.2, 0.25) is 0 Å². The number of amides is 1. The molecule has 4 aromatic rings. The summed E-state index contributed by atoms with van der Waals surface area (Å²) in [5.41, 5.74) is -1.63. The fourth-order valence-electron chi connectivity index (χ4n) is 5.00. The number of ether oxygens (including phenoxy) is 1. The third-order valence-corrected chi connectivity index (χ3v) is 7.78. The summed E-state index contributed by atoms with van der Waals surface area (Å²) in [4.78, 5) is 42.4. The van der Waals surface area contributed by atoms with Crippen LogP contribution in [-0.2, 0) is 52.6 Å². The average molecular weight is 806 g/mol. The summed E-state index contributed by atoms with van der Waals surface area (Å²) in [5.74, 6) is -1.41. The average Bonchev–Trinajstić information content (AvgIpc) is 3.69. The number of anilines is 2. The number of alkyl halides is 6. The van der Waals surface area contributed by atoms with Crippen LogP contribution in [0.4, 0.5) is 53.9 Å². The maximum Gasteiger partial charge on any atom is 1.00 e. The van der Waals surface area contributed by atoms with Gasteiger partial charge in [0.25, 0.3) is 0 Å². The minimum absolute atomic E-state index is 0. The Labute approximate surface area is 324 Å². The summed E-state index contributed by atoms with van der Waals surface area (Å²) >= 11 is 0. The molecule has 2 aromatic carbocycles. The number of benzene rings is 2. The first-order chi connectivity index (χ1) is 26.1. The molecule has 0 spiro atoms. The first kappa shape index (κ1) is 45.1. The molecule has 57 heavy (non-hydrogen) atoms. The van der Waals surface area contributed by atoms with Crippen LogP contribution in [0.5, 0.6) is 0 Å². The Balaban J connectivity index is 0.000000405. The Kier molecular flexibility index (Phi) is 13.7.